The fourth-order valence-electron chi connectivity index (χ4n) is 2.18. The zero-order valence-corrected chi connectivity index (χ0v) is 14.4. The van der Waals surface area contributed by atoms with Crippen LogP contribution < -0.4 is 15.4 Å². The second kappa shape index (κ2) is 10.6. The van der Waals surface area contributed by atoms with Gasteiger partial charge in [0.25, 0.3) is 0 Å². The maximum absolute atomic E-state index is 12.1. The van der Waals surface area contributed by atoms with Crippen molar-refractivity contribution in [2.45, 2.75) is 38.0 Å². The number of hydrogen-bond donors (Lipinski definition) is 2. The van der Waals surface area contributed by atoms with Gasteiger partial charge in [0.2, 0.25) is 11.8 Å². The van der Waals surface area contributed by atoms with Crippen LogP contribution >= 0.6 is 24.8 Å². The van der Waals surface area contributed by atoms with Crippen molar-refractivity contribution in [3.05, 3.63) is 23.9 Å². The molecule has 1 aromatic heterocycles. The fraction of sp³-hybridized carbons (Fsp3) is 0.571. The van der Waals surface area contributed by atoms with Crippen molar-refractivity contribution < 1.29 is 22.7 Å². The minimum absolute atomic E-state index is 0. The van der Waals surface area contributed by atoms with Gasteiger partial charge in [0.15, 0.2) is 6.61 Å². The summed E-state index contributed by atoms with van der Waals surface area (Å²) < 4.78 is 40.8. The Kier molecular flexibility index (Phi) is 10.0. The molecule has 1 saturated heterocycles. The fourth-order valence-corrected chi connectivity index (χ4v) is 2.18. The highest BCUT2D eigenvalue weighted by molar-refractivity contribution is 5.85. The van der Waals surface area contributed by atoms with Gasteiger partial charge < -0.3 is 15.4 Å². The molecule has 5 nitrogen and oxygen atoms in total. The number of rotatable bonds is 5. The number of aromatic nitrogens is 1. The van der Waals surface area contributed by atoms with E-state index in [9.17, 15) is 18.0 Å². The van der Waals surface area contributed by atoms with Gasteiger partial charge in [0.05, 0.1) is 6.04 Å². The molecule has 0 spiro atoms. The van der Waals surface area contributed by atoms with Gasteiger partial charge in [0, 0.05) is 18.8 Å². The third-order valence-electron chi connectivity index (χ3n) is 3.28. The summed E-state index contributed by atoms with van der Waals surface area (Å²) in [5.74, 6) is -0.214. The van der Waals surface area contributed by atoms with E-state index in [-0.39, 0.29) is 49.2 Å². The second-order valence-electron chi connectivity index (χ2n) is 5.13. The predicted molar refractivity (Wildman–Crippen MR) is 87.8 cm³/mol. The molecule has 1 atom stereocenters. The average Bonchev–Trinajstić information content (AvgIpc) is 2.51. The van der Waals surface area contributed by atoms with Crippen molar-refractivity contribution in [3.8, 4) is 5.88 Å². The molecule has 1 unspecified atom stereocenters. The number of carbonyl (C=O) groups is 1. The van der Waals surface area contributed by atoms with Gasteiger partial charge in [0.1, 0.15) is 0 Å². The van der Waals surface area contributed by atoms with Crippen LogP contribution in [0.15, 0.2) is 18.3 Å². The Morgan fingerprint density at radius 1 is 1.38 bits per heavy atom. The monoisotopic (exact) mass is 389 g/mol. The summed E-state index contributed by atoms with van der Waals surface area (Å²) in [5.41, 5.74) is 0.635. The molecule has 0 aromatic carbocycles. The quantitative estimate of drug-likeness (QED) is 0.812. The lowest BCUT2D eigenvalue weighted by molar-refractivity contribution is -0.154. The Hall–Kier alpha value is -1.25. The van der Waals surface area contributed by atoms with E-state index in [1.165, 1.54) is 12.3 Å². The maximum atomic E-state index is 12.1. The third-order valence-corrected chi connectivity index (χ3v) is 3.28. The number of pyridine rings is 1. The Morgan fingerprint density at radius 2 is 2.12 bits per heavy atom. The van der Waals surface area contributed by atoms with Gasteiger partial charge in [-0.05, 0) is 31.0 Å². The van der Waals surface area contributed by atoms with Gasteiger partial charge in [-0.15, -0.1) is 24.8 Å². The highest BCUT2D eigenvalue weighted by Gasteiger charge is 2.28. The summed E-state index contributed by atoms with van der Waals surface area (Å²) in [6.07, 6.45) is -0.184. The van der Waals surface area contributed by atoms with Crippen LogP contribution in [0.1, 0.15) is 24.8 Å². The number of hydrogen-bond acceptors (Lipinski definition) is 4. The van der Waals surface area contributed by atoms with Gasteiger partial charge in [-0.3, -0.25) is 4.79 Å². The van der Waals surface area contributed by atoms with Gasteiger partial charge in [-0.2, -0.15) is 13.2 Å². The van der Waals surface area contributed by atoms with E-state index in [1.807, 2.05) is 0 Å². The van der Waals surface area contributed by atoms with E-state index in [1.54, 1.807) is 6.07 Å². The first-order valence-electron chi connectivity index (χ1n) is 7.09. The van der Waals surface area contributed by atoms with Crippen LogP contribution in [-0.2, 0) is 11.3 Å². The molecule has 138 valence electrons. The first-order chi connectivity index (χ1) is 10.4. The highest BCUT2D eigenvalue weighted by Crippen LogP contribution is 2.17. The molecule has 0 bridgehead atoms. The minimum atomic E-state index is -4.40. The number of halogens is 5. The van der Waals surface area contributed by atoms with Crippen molar-refractivity contribution in [2.24, 2.45) is 0 Å². The smallest absolute Gasteiger partial charge is 0.422 e. The second-order valence-corrected chi connectivity index (χ2v) is 5.13. The summed E-state index contributed by atoms with van der Waals surface area (Å²) in [4.78, 5) is 15.7. The lowest BCUT2D eigenvalue weighted by Crippen LogP contribution is -2.46. The molecule has 2 rings (SSSR count). The number of alkyl halides is 3. The molecular formula is C14H20Cl2F3N3O2. The molecule has 0 radical (unpaired) electrons. The van der Waals surface area contributed by atoms with Gasteiger partial charge in [-0.25, -0.2) is 4.98 Å². The largest absolute Gasteiger partial charge is 0.468 e. The zero-order valence-electron chi connectivity index (χ0n) is 12.8. The van der Waals surface area contributed by atoms with Crippen LogP contribution in [0.25, 0.3) is 0 Å². The van der Waals surface area contributed by atoms with Crippen molar-refractivity contribution in [1.82, 2.24) is 15.6 Å². The molecule has 2 heterocycles. The van der Waals surface area contributed by atoms with Crippen molar-refractivity contribution in [3.63, 3.8) is 0 Å². The third kappa shape index (κ3) is 8.03. The number of amides is 1. The van der Waals surface area contributed by atoms with E-state index in [4.69, 9.17) is 0 Å². The van der Waals surface area contributed by atoms with Crippen molar-refractivity contribution in [1.29, 1.82) is 0 Å². The Balaban J connectivity index is 0.00000264. The molecule has 1 aliphatic rings. The summed E-state index contributed by atoms with van der Waals surface area (Å²) in [6.45, 7) is -0.341. The van der Waals surface area contributed by atoms with E-state index in [2.05, 4.69) is 20.4 Å². The van der Waals surface area contributed by atoms with Crippen LogP contribution in [0.3, 0.4) is 0 Å². The van der Waals surface area contributed by atoms with E-state index < -0.39 is 12.8 Å². The lowest BCUT2D eigenvalue weighted by Gasteiger charge is -2.22. The number of nitrogens with zero attached hydrogens (tertiary/aromatic N) is 1. The topological polar surface area (TPSA) is 63.2 Å². The van der Waals surface area contributed by atoms with Gasteiger partial charge in [-0.1, -0.05) is 6.42 Å². The molecule has 1 aromatic rings. The Morgan fingerprint density at radius 3 is 2.75 bits per heavy atom. The maximum Gasteiger partial charge on any atom is 0.422 e. The molecule has 1 amide bonds. The van der Waals surface area contributed by atoms with E-state index in [0.29, 0.717) is 5.56 Å². The molecule has 1 aliphatic heterocycles. The molecule has 2 N–H and O–H groups in total. The average molecular weight is 390 g/mol. The molecule has 24 heavy (non-hydrogen) atoms. The minimum Gasteiger partial charge on any atom is -0.468 e. The van der Waals surface area contributed by atoms with Crippen LogP contribution in [0.2, 0.25) is 0 Å². The predicted octanol–water partition coefficient (Wildman–Crippen LogP) is 2.62. The Bertz CT molecular complexity index is 512. The first-order valence-corrected chi connectivity index (χ1v) is 7.09. The molecule has 0 saturated carbocycles. The summed E-state index contributed by atoms with van der Waals surface area (Å²) in [7, 11) is 0. The standard InChI is InChI=1S/C14H18F3N3O2.2ClH/c15-14(16,17)9-22-12-7-10(4-6-19-12)8-20-13(21)11-3-1-2-5-18-11;;/h4,6-7,11,18H,1-3,5,8-9H2,(H,20,21);2*1H. The number of ether oxygens (including phenoxy) is 1. The normalized spacial score (nSPS) is 17.2. The van der Waals surface area contributed by atoms with Crippen LogP contribution in [0, 0.1) is 0 Å². The molecule has 0 aliphatic carbocycles. The molecular weight excluding hydrogens is 370 g/mol. The van der Waals surface area contributed by atoms with Crippen LogP contribution in [0.4, 0.5) is 13.2 Å². The lowest BCUT2D eigenvalue weighted by atomic mass is 10.0. The Labute approximate surface area is 150 Å². The van der Waals surface area contributed by atoms with Gasteiger partial charge >= 0.3 is 6.18 Å². The first kappa shape index (κ1) is 22.8. The zero-order chi connectivity index (χ0) is 16.0. The number of carbonyl (C=O) groups excluding carboxylic acids is 1. The van der Waals surface area contributed by atoms with E-state index in [0.717, 1.165) is 25.8 Å². The van der Waals surface area contributed by atoms with Crippen molar-refractivity contribution in [2.75, 3.05) is 13.2 Å². The molecule has 1 fully saturated rings. The number of piperidine rings is 1. The van der Waals surface area contributed by atoms with Crippen LogP contribution in [0.5, 0.6) is 5.88 Å². The van der Waals surface area contributed by atoms with E-state index >= 15 is 0 Å². The van der Waals surface area contributed by atoms with Crippen molar-refractivity contribution >= 4 is 30.7 Å². The number of nitrogens with one attached hydrogen (secondary N) is 2. The summed E-state index contributed by atoms with van der Waals surface area (Å²) in [5, 5.41) is 5.89. The van der Waals surface area contributed by atoms with Crippen LogP contribution in [-0.4, -0.2) is 36.3 Å². The summed E-state index contributed by atoms with van der Waals surface area (Å²) >= 11 is 0. The SMILES string of the molecule is Cl.Cl.O=C(NCc1ccnc(OCC(F)(F)F)c1)C1CCCCN1. The highest BCUT2D eigenvalue weighted by atomic mass is 35.5. The molecule has 10 heteroatoms. The summed E-state index contributed by atoms with van der Waals surface area (Å²) in [6, 6.07) is 2.81.